The van der Waals surface area contributed by atoms with Crippen LogP contribution in [0.4, 0.5) is 0 Å². The normalized spacial score (nSPS) is 18.3. The maximum absolute atomic E-state index is 12.3. The highest BCUT2D eigenvalue weighted by atomic mass is 32.2. The van der Waals surface area contributed by atoms with Crippen LogP contribution in [0.1, 0.15) is 18.9 Å². The van der Waals surface area contributed by atoms with Gasteiger partial charge in [-0.25, -0.2) is 4.79 Å². The van der Waals surface area contributed by atoms with Crippen molar-refractivity contribution < 1.29 is 19.8 Å². The lowest BCUT2D eigenvalue weighted by molar-refractivity contribution is -0.145. The lowest BCUT2D eigenvalue weighted by Crippen LogP contribution is -2.43. The van der Waals surface area contributed by atoms with Gasteiger partial charge in [0.25, 0.3) is 5.91 Å². The number of thiocarbonyl (C=S) groups is 1. The number of phenols is 1. The molecule has 1 unspecified atom stereocenters. The Hall–Kier alpha value is -1.86. The van der Waals surface area contributed by atoms with Crippen molar-refractivity contribution in [2.75, 3.05) is 0 Å². The number of rotatable bonds is 4. The Labute approximate surface area is 131 Å². The fourth-order valence-electron chi connectivity index (χ4n) is 1.94. The quantitative estimate of drug-likeness (QED) is 0.655. The summed E-state index contributed by atoms with van der Waals surface area (Å²) in [6.45, 7) is 1.70. The van der Waals surface area contributed by atoms with Crippen molar-refractivity contribution in [2.45, 2.75) is 19.4 Å². The van der Waals surface area contributed by atoms with Crippen LogP contribution in [0.5, 0.6) is 5.75 Å². The third kappa shape index (κ3) is 3.25. The van der Waals surface area contributed by atoms with E-state index in [0.717, 1.165) is 22.2 Å². The zero-order valence-electron chi connectivity index (χ0n) is 11.1. The maximum Gasteiger partial charge on any atom is 0.326 e. The molecule has 0 aromatic heterocycles. The molecular weight excluding hydrogens is 310 g/mol. The first-order valence-corrected chi connectivity index (χ1v) is 7.45. The first kappa shape index (κ1) is 15.5. The molecule has 1 aliphatic rings. The maximum atomic E-state index is 12.3. The van der Waals surface area contributed by atoms with E-state index in [1.165, 1.54) is 12.1 Å². The predicted octanol–water partition coefficient (Wildman–Crippen LogP) is 2.46. The summed E-state index contributed by atoms with van der Waals surface area (Å²) >= 11 is 6.20. The van der Waals surface area contributed by atoms with Crippen molar-refractivity contribution in [3.05, 3.63) is 34.7 Å². The summed E-state index contributed by atoms with van der Waals surface area (Å²) in [5.41, 5.74) is 0.733. The first-order chi connectivity index (χ1) is 9.93. The number of carbonyl (C=O) groups is 2. The van der Waals surface area contributed by atoms with Crippen molar-refractivity contribution in [2.24, 2.45) is 0 Å². The Morgan fingerprint density at radius 3 is 2.57 bits per heavy atom. The van der Waals surface area contributed by atoms with Gasteiger partial charge in [-0.05, 0) is 30.2 Å². The Kier molecular flexibility index (Phi) is 4.64. The van der Waals surface area contributed by atoms with Gasteiger partial charge in [0, 0.05) is 0 Å². The van der Waals surface area contributed by atoms with Crippen LogP contribution < -0.4 is 0 Å². The lowest BCUT2D eigenvalue weighted by Gasteiger charge is -2.21. The topological polar surface area (TPSA) is 77.8 Å². The number of carbonyl (C=O) groups excluding carboxylic acids is 1. The fraction of sp³-hybridized carbons (Fsp3) is 0.214. The van der Waals surface area contributed by atoms with Gasteiger partial charge in [-0.3, -0.25) is 9.69 Å². The van der Waals surface area contributed by atoms with E-state index in [-0.39, 0.29) is 16.5 Å². The number of hydrogen-bond donors (Lipinski definition) is 2. The molecule has 0 bridgehead atoms. The van der Waals surface area contributed by atoms with Crippen LogP contribution in [0.2, 0.25) is 0 Å². The summed E-state index contributed by atoms with van der Waals surface area (Å²) in [5, 5.41) is 18.4. The van der Waals surface area contributed by atoms with Crippen molar-refractivity contribution in [1.82, 2.24) is 4.90 Å². The number of phenolic OH excluding ortho intramolecular Hbond substituents is 1. The Balaban J connectivity index is 2.29. The van der Waals surface area contributed by atoms with Crippen molar-refractivity contribution in [3.8, 4) is 5.75 Å². The van der Waals surface area contributed by atoms with Gasteiger partial charge < -0.3 is 10.2 Å². The number of thioether (sulfide) groups is 1. The number of carboxylic acids is 1. The molecule has 110 valence electrons. The minimum absolute atomic E-state index is 0.136. The van der Waals surface area contributed by atoms with E-state index in [2.05, 4.69) is 0 Å². The van der Waals surface area contributed by atoms with Gasteiger partial charge in [0.05, 0.1) is 4.91 Å². The van der Waals surface area contributed by atoms with Crippen molar-refractivity contribution in [3.63, 3.8) is 0 Å². The molecule has 0 spiro atoms. The third-order valence-corrected chi connectivity index (χ3v) is 4.33. The molecule has 1 aliphatic heterocycles. The summed E-state index contributed by atoms with van der Waals surface area (Å²) in [7, 11) is 0. The molecular formula is C14H13NO4S2. The van der Waals surface area contributed by atoms with E-state index in [1.807, 2.05) is 0 Å². The molecule has 1 heterocycles. The smallest absolute Gasteiger partial charge is 0.326 e. The first-order valence-electron chi connectivity index (χ1n) is 6.23. The van der Waals surface area contributed by atoms with E-state index in [9.17, 15) is 14.7 Å². The molecule has 7 heteroatoms. The molecule has 5 nitrogen and oxygen atoms in total. The summed E-state index contributed by atoms with van der Waals surface area (Å²) in [4.78, 5) is 25.1. The van der Waals surface area contributed by atoms with Crippen LogP contribution >= 0.6 is 24.0 Å². The summed E-state index contributed by atoms with van der Waals surface area (Å²) < 4.78 is 0.249. The zero-order valence-corrected chi connectivity index (χ0v) is 12.8. The number of hydrogen-bond acceptors (Lipinski definition) is 5. The Bertz CT molecular complexity index is 624. The highest BCUT2D eigenvalue weighted by molar-refractivity contribution is 8.26. The second-order valence-electron chi connectivity index (χ2n) is 4.41. The number of benzene rings is 1. The fourth-order valence-corrected chi connectivity index (χ4v) is 3.29. The van der Waals surface area contributed by atoms with Gasteiger partial charge in [-0.2, -0.15) is 0 Å². The molecule has 1 aromatic rings. The number of aliphatic carboxylic acids is 1. The number of nitrogens with zero attached hydrogens (tertiary/aromatic N) is 1. The largest absolute Gasteiger partial charge is 0.508 e. The highest BCUT2D eigenvalue weighted by Gasteiger charge is 2.39. The molecule has 1 aromatic carbocycles. The molecule has 1 atom stereocenters. The van der Waals surface area contributed by atoms with Gasteiger partial charge in [-0.1, -0.05) is 43.0 Å². The zero-order chi connectivity index (χ0) is 15.6. The standard InChI is InChI=1S/C14H13NO4S2/c1-2-10(13(18)19)15-12(17)11(21-14(15)20)7-8-3-5-9(16)6-4-8/h3-7,10,16H,2H2,1H3,(H,18,19)/b11-7-. The number of carboxylic acid groups (broad SMARTS) is 1. The average Bonchev–Trinajstić information content (AvgIpc) is 2.70. The molecule has 1 fully saturated rings. The van der Waals surface area contributed by atoms with E-state index in [4.69, 9.17) is 17.3 Å². The van der Waals surface area contributed by atoms with Gasteiger partial charge in [0.2, 0.25) is 0 Å². The number of amides is 1. The van der Waals surface area contributed by atoms with Crippen LogP contribution in [0, 0.1) is 0 Å². The Morgan fingerprint density at radius 1 is 1.43 bits per heavy atom. The molecule has 2 N–H and O–H groups in total. The second-order valence-corrected chi connectivity index (χ2v) is 6.08. The SMILES string of the molecule is CCC(C(=O)O)N1C(=O)/C(=C/c2ccc(O)cc2)SC1=S. The van der Waals surface area contributed by atoms with Crippen LogP contribution in [-0.2, 0) is 9.59 Å². The lowest BCUT2D eigenvalue weighted by atomic mass is 10.1. The molecule has 21 heavy (non-hydrogen) atoms. The van der Waals surface area contributed by atoms with E-state index >= 15 is 0 Å². The average molecular weight is 323 g/mol. The molecule has 0 aliphatic carbocycles. The minimum atomic E-state index is -1.07. The summed E-state index contributed by atoms with van der Waals surface area (Å²) in [6.07, 6.45) is 1.92. The van der Waals surface area contributed by atoms with Crippen molar-refractivity contribution >= 4 is 46.3 Å². The Morgan fingerprint density at radius 2 is 2.05 bits per heavy atom. The van der Waals surface area contributed by atoms with E-state index < -0.39 is 17.9 Å². The number of aromatic hydroxyl groups is 1. The summed E-state index contributed by atoms with van der Waals surface area (Å²) in [5.74, 6) is -1.33. The summed E-state index contributed by atoms with van der Waals surface area (Å²) in [6, 6.07) is 5.41. The predicted molar refractivity (Wildman–Crippen MR) is 84.8 cm³/mol. The second kappa shape index (κ2) is 6.28. The monoisotopic (exact) mass is 323 g/mol. The molecule has 0 saturated carbocycles. The van der Waals surface area contributed by atoms with Crippen LogP contribution in [0.15, 0.2) is 29.2 Å². The molecule has 2 rings (SSSR count). The third-order valence-electron chi connectivity index (χ3n) is 3.00. The van der Waals surface area contributed by atoms with Crippen LogP contribution in [0.25, 0.3) is 6.08 Å². The van der Waals surface area contributed by atoms with Crippen LogP contribution in [0.3, 0.4) is 0 Å². The minimum Gasteiger partial charge on any atom is -0.508 e. The van der Waals surface area contributed by atoms with E-state index in [0.29, 0.717) is 4.91 Å². The van der Waals surface area contributed by atoms with Gasteiger partial charge >= 0.3 is 5.97 Å². The van der Waals surface area contributed by atoms with Crippen molar-refractivity contribution in [1.29, 1.82) is 0 Å². The molecule has 0 radical (unpaired) electrons. The van der Waals surface area contributed by atoms with Gasteiger partial charge in [0.1, 0.15) is 16.1 Å². The molecule has 1 amide bonds. The van der Waals surface area contributed by atoms with E-state index in [1.54, 1.807) is 25.1 Å². The highest BCUT2D eigenvalue weighted by Crippen LogP contribution is 2.34. The van der Waals surface area contributed by atoms with Gasteiger partial charge in [0.15, 0.2) is 0 Å². The van der Waals surface area contributed by atoms with Gasteiger partial charge in [-0.15, -0.1) is 0 Å². The van der Waals surface area contributed by atoms with Crippen LogP contribution in [-0.4, -0.2) is 37.4 Å². The molecule has 1 saturated heterocycles.